The van der Waals surface area contributed by atoms with E-state index in [1.165, 1.54) is 7.11 Å². The van der Waals surface area contributed by atoms with E-state index in [4.69, 9.17) is 16.2 Å². The molecule has 2 aromatic rings. The van der Waals surface area contributed by atoms with Gasteiger partial charge in [0, 0.05) is 23.6 Å². The summed E-state index contributed by atoms with van der Waals surface area (Å²) in [5.74, 6) is 4.36. The number of nitrogens with one attached hydrogen (secondary N) is 3. The van der Waals surface area contributed by atoms with E-state index in [-0.39, 0.29) is 25.0 Å². The van der Waals surface area contributed by atoms with Crippen molar-refractivity contribution in [1.82, 2.24) is 16.0 Å². The lowest BCUT2D eigenvalue weighted by Crippen LogP contribution is -2.51. The van der Waals surface area contributed by atoms with Crippen LogP contribution >= 0.6 is 0 Å². The first kappa shape index (κ1) is 27.2. The Morgan fingerprint density at radius 1 is 1.08 bits per heavy atom. The van der Waals surface area contributed by atoms with Crippen molar-refractivity contribution in [3.8, 4) is 11.8 Å². The van der Waals surface area contributed by atoms with Gasteiger partial charge in [0.2, 0.25) is 11.8 Å². The predicted octanol–water partition coefficient (Wildman–Crippen LogP) is -0.203. The average molecular weight is 505 g/mol. The first-order valence-electron chi connectivity index (χ1n) is 12.0. The Balaban J connectivity index is 1.57. The van der Waals surface area contributed by atoms with Crippen LogP contribution in [0.5, 0.6) is 0 Å². The lowest BCUT2D eigenvalue weighted by atomic mass is 10.0. The van der Waals surface area contributed by atoms with Crippen LogP contribution in [0.1, 0.15) is 29.5 Å². The second-order valence-corrected chi connectivity index (χ2v) is 8.58. The minimum absolute atomic E-state index is 0.207. The summed E-state index contributed by atoms with van der Waals surface area (Å²) in [5, 5.41) is 8.36. The van der Waals surface area contributed by atoms with Crippen LogP contribution in [0, 0.1) is 11.8 Å². The van der Waals surface area contributed by atoms with Crippen molar-refractivity contribution in [2.45, 2.75) is 37.4 Å². The molecule has 1 fully saturated rings. The summed E-state index contributed by atoms with van der Waals surface area (Å²) in [7, 11) is 1.25. The van der Waals surface area contributed by atoms with Gasteiger partial charge in [-0.15, -0.1) is 0 Å². The number of carbonyl (C=O) groups excluding carboxylic acids is 3. The van der Waals surface area contributed by atoms with Crippen LogP contribution in [0.25, 0.3) is 0 Å². The summed E-state index contributed by atoms with van der Waals surface area (Å²) in [6.45, 7) is 0.417. The molecule has 0 aliphatic carbocycles. The van der Waals surface area contributed by atoms with Crippen LogP contribution in [-0.4, -0.2) is 62.1 Å². The molecule has 1 aliphatic heterocycles. The molecule has 3 rings (SSSR count). The Kier molecular flexibility index (Phi) is 10.0. The number of rotatable bonds is 9. The number of amides is 2. The van der Waals surface area contributed by atoms with Crippen molar-refractivity contribution >= 4 is 23.7 Å². The molecule has 0 bridgehead atoms. The van der Waals surface area contributed by atoms with E-state index < -0.39 is 29.9 Å². The molecule has 0 radical (unpaired) electrons. The molecule has 10 heteroatoms. The Labute approximate surface area is 216 Å². The zero-order chi connectivity index (χ0) is 26.6. The molecule has 1 aliphatic rings. The molecule has 1 saturated heterocycles. The first-order valence-corrected chi connectivity index (χ1v) is 12.0. The third-order valence-electron chi connectivity index (χ3n) is 5.80. The minimum atomic E-state index is -0.930. The lowest BCUT2D eigenvalue weighted by molar-refractivity contribution is -0.145. The standard InChI is InChI=1S/C27H32N6O4/c1-37-26(36)22(16-20-13-11-19(12-14-20)10-9-18-6-3-2-4-7-18)32-23(34)17-31-25(35)24(33-27(28)29)21-8-5-15-30-21/h2-4,6-7,11-14,21-22,24,30H,5,8,15-17H2,1H3,(H,31,35)(H,32,34)(H4,28,29,33)/t21-,22+,24?/m1/s1. The van der Waals surface area contributed by atoms with Crippen LogP contribution in [0.15, 0.2) is 59.6 Å². The van der Waals surface area contributed by atoms with Crippen molar-refractivity contribution in [3.05, 3.63) is 71.3 Å². The smallest absolute Gasteiger partial charge is 0.328 e. The second kappa shape index (κ2) is 13.7. The van der Waals surface area contributed by atoms with Gasteiger partial charge in [0.15, 0.2) is 5.96 Å². The van der Waals surface area contributed by atoms with Gasteiger partial charge in [0.05, 0.1) is 13.7 Å². The van der Waals surface area contributed by atoms with Gasteiger partial charge >= 0.3 is 5.97 Å². The van der Waals surface area contributed by atoms with Crippen LogP contribution in [0.2, 0.25) is 0 Å². The molecular formula is C27H32N6O4. The molecule has 7 N–H and O–H groups in total. The van der Waals surface area contributed by atoms with Crippen molar-refractivity contribution in [1.29, 1.82) is 0 Å². The number of benzene rings is 2. The fourth-order valence-corrected chi connectivity index (χ4v) is 3.95. The minimum Gasteiger partial charge on any atom is -0.467 e. The van der Waals surface area contributed by atoms with E-state index in [9.17, 15) is 14.4 Å². The number of nitrogens with two attached hydrogens (primary N) is 2. The molecule has 0 spiro atoms. The predicted molar refractivity (Wildman–Crippen MR) is 140 cm³/mol. The van der Waals surface area contributed by atoms with Gasteiger partial charge in [-0.3, -0.25) is 9.59 Å². The summed E-state index contributed by atoms with van der Waals surface area (Å²) >= 11 is 0. The largest absolute Gasteiger partial charge is 0.467 e. The summed E-state index contributed by atoms with van der Waals surface area (Å²) in [5.41, 5.74) is 13.5. The molecule has 2 aromatic carbocycles. The quantitative estimate of drug-likeness (QED) is 0.137. The number of hydrogen-bond acceptors (Lipinski definition) is 6. The van der Waals surface area contributed by atoms with E-state index in [1.54, 1.807) is 0 Å². The fourth-order valence-electron chi connectivity index (χ4n) is 3.95. The third kappa shape index (κ3) is 8.66. The zero-order valence-corrected chi connectivity index (χ0v) is 20.7. The highest BCUT2D eigenvalue weighted by Gasteiger charge is 2.31. The second-order valence-electron chi connectivity index (χ2n) is 8.58. The SMILES string of the molecule is COC(=O)[C@H](Cc1ccc(C#Cc2ccccc2)cc1)NC(=O)CNC(=O)C(N=C(N)N)[C@H]1CCCN1. The van der Waals surface area contributed by atoms with E-state index in [0.717, 1.165) is 36.1 Å². The van der Waals surface area contributed by atoms with Crippen LogP contribution < -0.4 is 27.4 Å². The van der Waals surface area contributed by atoms with Crippen molar-refractivity contribution in [3.63, 3.8) is 0 Å². The Morgan fingerprint density at radius 3 is 2.35 bits per heavy atom. The van der Waals surface area contributed by atoms with Gasteiger partial charge in [-0.1, -0.05) is 42.2 Å². The number of guanidine groups is 1. The van der Waals surface area contributed by atoms with Crippen molar-refractivity contribution in [2.24, 2.45) is 16.5 Å². The van der Waals surface area contributed by atoms with Gasteiger partial charge in [-0.2, -0.15) is 0 Å². The molecule has 0 saturated carbocycles. The van der Waals surface area contributed by atoms with Gasteiger partial charge in [-0.25, -0.2) is 9.79 Å². The summed E-state index contributed by atoms with van der Waals surface area (Å²) in [6.07, 6.45) is 1.85. The first-order chi connectivity index (χ1) is 17.9. The highest BCUT2D eigenvalue weighted by molar-refractivity contribution is 5.91. The highest BCUT2D eigenvalue weighted by Crippen LogP contribution is 2.12. The molecule has 194 valence electrons. The maximum absolute atomic E-state index is 12.7. The Hall–Kier alpha value is -4.36. The Bertz CT molecular complexity index is 1160. The number of nitrogens with zero attached hydrogens (tertiary/aromatic N) is 1. The number of hydrogen-bond donors (Lipinski definition) is 5. The molecule has 37 heavy (non-hydrogen) atoms. The zero-order valence-electron chi connectivity index (χ0n) is 20.7. The number of aliphatic imine (C=N–C) groups is 1. The molecule has 2 amide bonds. The highest BCUT2D eigenvalue weighted by atomic mass is 16.5. The van der Waals surface area contributed by atoms with Gasteiger partial charge < -0.3 is 32.2 Å². The van der Waals surface area contributed by atoms with E-state index in [1.807, 2.05) is 54.6 Å². The van der Waals surface area contributed by atoms with Crippen LogP contribution in [0.3, 0.4) is 0 Å². The molecule has 1 heterocycles. The lowest BCUT2D eigenvalue weighted by Gasteiger charge is -2.20. The van der Waals surface area contributed by atoms with Gasteiger partial charge in [0.1, 0.15) is 12.1 Å². The summed E-state index contributed by atoms with van der Waals surface area (Å²) in [6, 6.07) is 15.0. The van der Waals surface area contributed by atoms with E-state index in [2.05, 4.69) is 32.8 Å². The van der Waals surface area contributed by atoms with Crippen molar-refractivity contribution in [2.75, 3.05) is 20.2 Å². The average Bonchev–Trinajstić information content (AvgIpc) is 3.44. The third-order valence-corrected chi connectivity index (χ3v) is 5.80. The number of ether oxygens (including phenoxy) is 1. The van der Waals surface area contributed by atoms with Gasteiger partial charge in [-0.05, 0) is 49.2 Å². The van der Waals surface area contributed by atoms with Crippen LogP contribution in [0.4, 0.5) is 0 Å². The van der Waals surface area contributed by atoms with Crippen molar-refractivity contribution < 1.29 is 19.1 Å². The van der Waals surface area contributed by atoms with E-state index in [0.29, 0.717) is 0 Å². The summed E-state index contributed by atoms with van der Waals surface area (Å²) in [4.78, 5) is 41.6. The number of esters is 1. The van der Waals surface area contributed by atoms with Crippen LogP contribution in [-0.2, 0) is 25.5 Å². The number of carbonyl (C=O) groups is 3. The molecule has 3 atom stereocenters. The molecular weight excluding hydrogens is 472 g/mol. The topological polar surface area (TPSA) is 161 Å². The molecule has 0 aromatic heterocycles. The normalized spacial score (nSPS) is 15.9. The molecule has 1 unspecified atom stereocenters. The number of methoxy groups -OCH3 is 1. The van der Waals surface area contributed by atoms with Gasteiger partial charge in [0.25, 0.3) is 0 Å². The maximum atomic E-state index is 12.7. The van der Waals surface area contributed by atoms with E-state index >= 15 is 0 Å². The fraction of sp³-hybridized carbons (Fsp3) is 0.333. The Morgan fingerprint density at radius 2 is 1.76 bits per heavy atom. The molecule has 10 nitrogen and oxygen atoms in total. The monoisotopic (exact) mass is 504 g/mol. The summed E-state index contributed by atoms with van der Waals surface area (Å²) < 4.78 is 4.85. The maximum Gasteiger partial charge on any atom is 0.328 e.